The maximum absolute atomic E-state index is 15.3. The molecule has 1 aliphatic rings. The van der Waals surface area contributed by atoms with E-state index in [1.807, 2.05) is 0 Å². The summed E-state index contributed by atoms with van der Waals surface area (Å²) in [5.41, 5.74) is 1.13. The zero-order chi connectivity index (χ0) is 31.6. The fourth-order valence-corrected chi connectivity index (χ4v) is 4.77. The first kappa shape index (κ1) is 29.4. The van der Waals surface area contributed by atoms with Crippen LogP contribution < -0.4 is 20.7 Å². The molecular formula is C32H26F2N6O5. The van der Waals surface area contributed by atoms with Crippen LogP contribution in [-0.2, 0) is 9.59 Å². The Kier molecular flexibility index (Phi) is 7.92. The Morgan fingerprint density at radius 3 is 2.24 bits per heavy atom. The van der Waals surface area contributed by atoms with E-state index in [1.54, 1.807) is 30.3 Å². The van der Waals surface area contributed by atoms with Gasteiger partial charge in [0.1, 0.15) is 17.0 Å². The lowest BCUT2D eigenvalue weighted by atomic mass is 10.0. The lowest BCUT2D eigenvalue weighted by Crippen LogP contribution is -2.35. The van der Waals surface area contributed by atoms with Crippen molar-refractivity contribution in [1.29, 1.82) is 0 Å². The summed E-state index contributed by atoms with van der Waals surface area (Å²) in [6, 6.07) is 17.3. The van der Waals surface area contributed by atoms with Crippen LogP contribution in [0.5, 0.6) is 11.5 Å². The van der Waals surface area contributed by atoms with E-state index >= 15 is 4.39 Å². The van der Waals surface area contributed by atoms with Gasteiger partial charge in [0.2, 0.25) is 11.8 Å². The predicted molar refractivity (Wildman–Crippen MR) is 161 cm³/mol. The number of rotatable bonds is 10. The molecule has 0 unspecified atom stereocenters. The van der Waals surface area contributed by atoms with E-state index in [4.69, 9.17) is 9.84 Å². The Morgan fingerprint density at radius 2 is 1.58 bits per heavy atom. The number of aromatic nitrogens is 3. The maximum Gasteiger partial charge on any atom is 0.251 e. The summed E-state index contributed by atoms with van der Waals surface area (Å²) >= 11 is 0. The molecule has 3 aromatic carbocycles. The first-order chi connectivity index (χ1) is 21.8. The van der Waals surface area contributed by atoms with Gasteiger partial charge in [0.15, 0.2) is 17.2 Å². The van der Waals surface area contributed by atoms with Gasteiger partial charge in [-0.1, -0.05) is 12.1 Å². The number of aliphatic hydroxyl groups is 1. The lowest BCUT2D eigenvalue weighted by Gasteiger charge is -2.16. The Labute approximate surface area is 254 Å². The maximum atomic E-state index is 15.3. The predicted octanol–water partition coefficient (Wildman–Crippen LogP) is 4.77. The van der Waals surface area contributed by atoms with Crippen LogP contribution in [0.15, 0.2) is 79.0 Å². The molecule has 11 nitrogen and oxygen atoms in total. The summed E-state index contributed by atoms with van der Waals surface area (Å²) in [4.78, 5) is 42.3. The largest absolute Gasteiger partial charge is 0.453 e. The number of aromatic amines is 1. The molecule has 0 spiro atoms. The molecule has 228 valence electrons. The fourth-order valence-electron chi connectivity index (χ4n) is 4.77. The highest BCUT2D eigenvalue weighted by Gasteiger charge is 2.56. The van der Waals surface area contributed by atoms with Gasteiger partial charge in [0.05, 0.1) is 17.7 Å². The average molecular weight is 613 g/mol. The van der Waals surface area contributed by atoms with Gasteiger partial charge in [-0.25, -0.2) is 13.8 Å². The van der Waals surface area contributed by atoms with E-state index in [0.29, 0.717) is 46.4 Å². The van der Waals surface area contributed by atoms with Crippen LogP contribution in [0.2, 0.25) is 0 Å². The zero-order valence-corrected chi connectivity index (χ0v) is 23.6. The van der Waals surface area contributed by atoms with Crippen molar-refractivity contribution in [2.24, 2.45) is 5.41 Å². The summed E-state index contributed by atoms with van der Waals surface area (Å²) in [6.07, 6.45) is 2.11. The molecule has 3 amide bonds. The Balaban J connectivity index is 1.17. The second kappa shape index (κ2) is 12.1. The van der Waals surface area contributed by atoms with E-state index in [2.05, 4.69) is 31.1 Å². The van der Waals surface area contributed by atoms with Crippen LogP contribution in [0.4, 0.5) is 20.2 Å². The molecule has 13 heteroatoms. The number of aliphatic hydroxyl groups excluding tert-OH is 1. The number of nitrogens with one attached hydrogen (secondary N) is 4. The zero-order valence-electron chi connectivity index (χ0n) is 23.6. The molecule has 5 N–H and O–H groups in total. The van der Waals surface area contributed by atoms with Gasteiger partial charge < -0.3 is 25.8 Å². The number of halogens is 2. The van der Waals surface area contributed by atoms with Crippen molar-refractivity contribution in [2.45, 2.75) is 12.8 Å². The van der Waals surface area contributed by atoms with Crippen molar-refractivity contribution < 1.29 is 33.0 Å². The summed E-state index contributed by atoms with van der Waals surface area (Å²) in [5, 5.41) is 24.4. The van der Waals surface area contributed by atoms with Gasteiger partial charge in [0.25, 0.3) is 5.91 Å². The van der Waals surface area contributed by atoms with Crippen molar-refractivity contribution in [1.82, 2.24) is 20.5 Å². The number of fused-ring (bicyclic) bond motifs is 1. The highest BCUT2D eigenvalue weighted by atomic mass is 19.1. The number of pyridine rings is 1. The molecule has 1 saturated carbocycles. The van der Waals surface area contributed by atoms with Crippen LogP contribution in [0.3, 0.4) is 0 Å². The standard InChI is InChI=1S/C32H26F2N6O5/c33-20-5-7-21(8-6-20)37-30(43)32(12-13-32)31(44)38-22-9-10-24(23(34)17-22)45-25-11-14-35-28-26(25)27(39-40-28)18-1-3-19(4-2-18)29(42)36-15-16-41/h1-11,14,17,41H,12-13,15-16H2,(H,36,42)(H,37,43)(H,38,44)(H,35,39,40). The smallest absolute Gasteiger partial charge is 0.251 e. The van der Waals surface area contributed by atoms with Crippen LogP contribution in [0.25, 0.3) is 22.3 Å². The van der Waals surface area contributed by atoms with Crippen molar-refractivity contribution >= 4 is 40.1 Å². The second-order valence-electron chi connectivity index (χ2n) is 10.4. The summed E-state index contributed by atoms with van der Waals surface area (Å²) in [6.45, 7) is -0.0318. The molecule has 2 aromatic heterocycles. The van der Waals surface area contributed by atoms with Crippen LogP contribution in [0.1, 0.15) is 23.2 Å². The molecule has 1 fully saturated rings. The van der Waals surface area contributed by atoms with Gasteiger partial charge in [-0.2, -0.15) is 5.10 Å². The number of hydrogen-bond donors (Lipinski definition) is 5. The molecule has 5 aromatic rings. The summed E-state index contributed by atoms with van der Waals surface area (Å²) in [5.74, 6) is -2.51. The lowest BCUT2D eigenvalue weighted by molar-refractivity contribution is -0.131. The van der Waals surface area contributed by atoms with Crippen LogP contribution in [0, 0.1) is 17.0 Å². The molecule has 1 aliphatic carbocycles. The number of nitrogens with zero attached hydrogens (tertiary/aromatic N) is 2. The molecule has 0 radical (unpaired) electrons. The minimum Gasteiger partial charge on any atom is -0.453 e. The minimum atomic E-state index is -1.30. The number of ether oxygens (including phenoxy) is 1. The van der Waals surface area contributed by atoms with Gasteiger partial charge in [-0.3, -0.25) is 19.5 Å². The first-order valence-electron chi connectivity index (χ1n) is 14.0. The number of anilines is 2. The SMILES string of the molecule is O=C(NCCO)c1ccc(-c2[nH]nc3nccc(Oc4ccc(NC(=O)C5(C(=O)Nc6ccc(F)cc6)CC5)cc4F)c23)cc1. The molecule has 0 bridgehead atoms. The van der Waals surface area contributed by atoms with Gasteiger partial charge in [-0.05, 0) is 67.4 Å². The highest BCUT2D eigenvalue weighted by Crippen LogP contribution is 2.47. The first-order valence-corrected chi connectivity index (χ1v) is 14.0. The third-order valence-corrected chi connectivity index (χ3v) is 7.38. The van der Waals surface area contributed by atoms with Gasteiger partial charge in [-0.15, -0.1) is 0 Å². The molecule has 6 rings (SSSR count). The minimum absolute atomic E-state index is 0.126. The van der Waals surface area contributed by atoms with Crippen molar-refractivity contribution in [3.05, 3.63) is 96.2 Å². The van der Waals surface area contributed by atoms with Crippen molar-refractivity contribution in [2.75, 3.05) is 23.8 Å². The molecule has 2 heterocycles. The second-order valence-corrected chi connectivity index (χ2v) is 10.4. The third-order valence-electron chi connectivity index (χ3n) is 7.38. The van der Waals surface area contributed by atoms with Gasteiger partial charge >= 0.3 is 0 Å². The molecule has 45 heavy (non-hydrogen) atoms. The molecule has 0 atom stereocenters. The topological polar surface area (TPSA) is 158 Å². The Hall–Kier alpha value is -5.69. The number of carbonyl (C=O) groups excluding carboxylic acids is 3. The number of amides is 3. The molecular weight excluding hydrogens is 586 g/mol. The number of H-pyrrole nitrogens is 1. The number of benzene rings is 3. The summed E-state index contributed by atoms with van der Waals surface area (Å²) < 4.78 is 34.4. The Morgan fingerprint density at radius 1 is 0.889 bits per heavy atom. The fraction of sp³-hybridized carbons (Fsp3) is 0.156. The van der Waals surface area contributed by atoms with Crippen LogP contribution >= 0.6 is 0 Å². The van der Waals surface area contributed by atoms with E-state index in [0.717, 1.165) is 6.07 Å². The molecule has 0 aliphatic heterocycles. The van der Waals surface area contributed by atoms with E-state index < -0.39 is 28.9 Å². The third kappa shape index (κ3) is 6.06. The van der Waals surface area contributed by atoms with E-state index in [-0.39, 0.29) is 36.2 Å². The number of carbonyl (C=O) groups is 3. The van der Waals surface area contributed by atoms with Crippen molar-refractivity contribution in [3.63, 3.8) is 0 Å². The Bertz CT molecular complexity index is 1910. The van der Waals surface area contributed by atoms with Crippen molar-refractivity contribution in [3.8, 4) is 22.8 Å². The summed E-state index contributed by atoms with van der Waals surface area (Å²) in [7, 11) is 0. The van der Waals surface area contributed by atoms with Crippen LogP contribution in [-0.4, -0.2) is 51.2 Å². The normalized spacial score (nSPS) is 13.2. The van der Waals surface area contributed by atoms with E-state index in [9.17, 15) is 18.8 Å². The number of hydrogen-bond acceptors (Lipinski definition) is 7. The molecule has 0 saturated heterocycles. The average Bonchev–Trinajstić information content (AvgIpc) is 3.75. The van der Waals surface area contributed by atoms with Gasteiger partial charge in [0, 0.05) is 41.3 Å². The van der Waals surface area contributed by atoms with E-state index in [1.165, 1.54) is 42.6 Å². The monoisotopic (exact) mass is 612 g/mol. The quantitative estimate of drug-likeness (QED) is 0.142. The highest BCUT2D eigenvalue weighted by molar-refractivity contribution is 6.17.